The van der Waals surface area contributed by atoms with Crippen LogP contribution in [0.1, 0.15) is 47.6 Å². The predicted molar refractivity (Wildman–Crippen MR) is 126 cm³/mol. The van der Waals surface area contributed by atoms with Crippen molar-refractivity contribution in [2.75, 3.05) is 31.1 Å². The molecule has 2 aliphatic rings. The zero-order valence-corrected chi connectivity index (χ0v) is 19.3. The second-order valence-electron chi connectivity index (χ2n) is 7.87. The first-order valence-electron chi connectivity index (χ1n) is 10.4. The summed E-state index contributed by atoms with van der Waals surface area (Å²) in [7, 11) is 0. The first kappa shape index (κ1) is 25.1. The third-order valence-electron chi connectivity index (χ3n) is 5.85. The number of aryl methyl sites for hydroxylation is 1. The lowest BCUT2D eigenvalue weighted by Crippen LogP contribution is -2.49. The fourth-order valence-corrected chi connectivity index (χ4v) is 4.28. The first-order valence-corrected chi connectivity index (χ1v) is 10.4. The third-order valence-corrected chi connectivity index (χ3v) is 5.85. The summed E-state index contributed by atoms with van der Waals surface area (Å²) in [4.78, 5) is 36.9. The number of carbonyl (C=O) groups excluding carboxylic acids is 1. The molecule has 0 aromatic carbocycles. The van der Waals surface area contributed by atoms with Gasteiger partial charge in [-0.15, -0.1) is 24.8 Å². The molecule has 8 nitrogen and oxygen atoms in total. The van der Waals surface area contributed by atoms with Crippen LogP contribution in [-0.4, -0.2) is 52.7 Å². The Kier molecular flexibility index (Phi) is 9.28. The highest BCUT2D eigenvalue weighted by Crippen LogP contribution is 2.18. The number of hydrogen-bond donors (Lipinski definition) is 2. The molecule has 1 unspecified atom stereocenters. The Morgan fingerprint density at radius 1 is 1.16 bits per heavy atom. The molecule has 10 heteroatoms. The summed E-state index contributed by atoms with van der Waals surface area (Å²) in [5, 5.41) is 6.40. The van der Waals surface area contributed by atoms with Gasteiger partial charge in [0.15, 0.2) is 0 Å². The molecule has 170 valence electrons. The quantitative estimate of drug-likeness (QED) is 0.713. The number of rotatable bonds is 4. The van der Waals surface area contributed by atoms with E-state index in [0.29, 0.717) is 12.5 Å². The first-order chi connectivity index (χ1) is 14.1. The highest BCUT2D eigenvalue weighted by Gasteiger charge is 2.26. The van der Waals surface area contributed by atoms with Crippen LogP contribution in [0.3, 0.4) is 0 Å². The average Bonchev–Trinajstić information content (AvgIpc) is 2.75. The summed E-state index contributed by atoms with van der Waals surface area (Å²) >= 11 is 0. The van der Waals surface area contributed by atoms with Gasteiger partial charge in [-0.05, 0) is 63.4 Å². The minimum Gasteiger partial charge on any atom is -0.347 e. The normalized spacial score (nSPS) is 19.1. The van der Waals surface area contributed by atoms with Crippen LogP contribution in [0.25, 0.3) is 0 Å². The SMILES string of the molecule is Cc1ccn(C2CCNCC2)c(=O)c1C(=O)NC1CCCN(c2ncccn2)C1.Cl.Cl. The van der Waals surface area contributed by atoms with E-state index in [2.05, 4.69) is 25.5 Å². The molecule has 2 aliphatic heterocycles. The van der Waals surface area contributed by atoms with Crippen molar-refractivity contribution in [1.29, 1.82) is 0 Å². The van der Waals surface area contributed by atoms with Gasteiger partial charge >= 0.3 is 0 Å². The summed E-state index contributed by atoms with van der Waals surface area (Å²) in [5.74, 6) is 0.396. The number of carbonyl (C=O) groups is 1. The lowest BCUT2D eigenvalue weighted by atomic mass is 10.0. The van der Waals surface area contributed by atoms with E-state index >= 15 is 0 Å². The minimum atomic E-state index is -0.281. The molecule has 0 saturated carbocycles. The number of pyridine rings is 1. The molecule has 31 heavy (non-hydrogen) atoms. The van der Waals surface area contributed by atoms with Gasteiger partial charge in [0, 0.05) is 43.8 Å². The predicted octanol–water partition coefficient (Wildman–Crippen LogP) is 2.11. The number of piperidine rings is 2. The van der Waals surface area contributed by atoms with Gasteiger partial charge in [0.05, 0.1) is 0 Å². The van der Waals surface area contributed by atoms with Gasteiger partial charge in [0.1, 0.15) is 5.56 Å². The largest absolute Gasteiger partial charge is 0.347 e. The topological polar surface area (TPSA) is 92.2 Å². The maximum Gasteiger partial charge on any atom is 0.263 e. The second kappa shape index (κ2) is 11.5. The zero-order chi connectivity index (χ0) is 20.2. The molecule has 4 rings (SSSR count). The lowest BCUT2D eigenvalue weighted by Gasteiger charge is -2.33. The van der Waals surface area contributed by atoms with Crippen LogP contribution in [-0.2, 0) is 0 Å². The van der Waals surface area contributed by atoms with E-state index in [0.717, 1.165) is 50.9 Å². The van der Waals surface area contributed by atoms with Gasteiger partial charge in [0.2, 0.25) is 5.95 Å². The summed E-state index contributed by atoms with van der Waals surface area (Å²) in [6.45, 7) is 5.12. The summed E-state index contributed by atoms with van der Waals surface area (Å²) in [6.07, 6.45) is 8.90. The maximum atomic E-state index is 13.1. The van der Waals surface area contributed by atoms with Crippen molar-refractivity contribution >= 4 is 36.7 Å². The lowest BCUT2D eigenvalue weighted by molar-refractivity contribution is 0.0930. The number of anilines is 1. The van der Waals surface area contributed by atoms with Crippen LogP contribution < -0.4 is 21.1 Å². The Bertz CT molecular complexity index is 918. The van der Waals surface area contributed by atoms with E-state index in [1.165, 1.54) is 0 Å². The number of aromatic nitrogens is 3. The van der Waals surface area contributed by atoms with Crippen molar-refractivity contribution in [3.63, 3.8) is 0 Å². The van der Waals surface area contributed by atoms with Crippen molar-refractivity contribution < 1.29 is 4.79 Å². The molecular weight excluding hydrogens is 439 g/mol. The van der Waals surface area contributed by atoms with Crippen LogP contribution in [0.15, 0.2) is 35.5 Å². The molecule has 4 heterocycles. The molecule has 2 saturated heterocycles. The van der Waals surface area contributed by atoms with E-state index < -0.39 is 0 Å². The third kappa shape index (κ3) is 5.75. The molecule has 0 radical (unpaired) electrons. The smallest absolute Gasteiger partial charge is 0.263 e. The highest BCUT2D eigenvalue weighted by molar-refractivity contribution is 5.95. The molecule has 0 bridgehead atoms. The van der Waals surface area contributed by atoms with Crippen molar-refractivity contribution in [3.05, 3.63) is 52.2 Å². The number of nitrogens with zero attached hydrogens (tertiary/aromatic N) is 4. The second-order valence-corrected chi connectivity index (χ2v) is 7.87. The fourth-order valence-electron chi connectivity index (χ4n) is 4.28. The molecule has 1 atom stereocenters. The van der Waals surface area contributed by atoms with Gasteiger partial charge in [-0.2, -0.15) is 0 Å². The molecule has 2 fully saturated rings. The van der Waals surface area contributed by atoms with E-state index in [9.17, 15) is 9.59 Å². The van der Waals surface area contributed by atoms with Gasteiger partial charge < -0.3 is 20.1 Å². The maximum absolute atomic E-state index is 13.1. The minimum absolute atomic E-state index is 0. The zero-order valence-electron chi connectivity index (χ0n) is 17.6. The summed E-state index contributed by atoms with van der Waals surface area (Å²) < 4.78 is 1.74. The molecule has 0 aliphatic carbocycles. The Labute approximate surface area is 194 Å². The molecule has 2 aromatic rings. The Hall–Kier alpha value is -2.16. The molecule has 2 N–H and O–H groups in total. The van der Waals surface area contributed by atoms with E-state index in [1.54, 1.807) is 23.0 Å². The Morgan fingerprint density at radius 2 is 1.87 bits per heavy atom. The molecule has 1 amide bonds. The number of hydrogen-bond acceptors (Lipinski definition) is 6. The van der Waals surface area contributed by atoms with Crippen molar-refractivity contribution in [1.82, 2.24) is 25.2 Å². The van der Waals surface area contributed by atoms with Crippen LogP contribution in [0.4, 0.5) is 5.95 Å². The summed E-state index contributed by atoms with van der Waals surface area (Å²) in [6, 6.07) is 3.78. The molecule has 0 spiro atoms. The number of nitrogens with one attached hydrogen (secondary N) is 2. The van der Waals surface area contributed by atoms with Crippen LogP contribution in [0.5, 0.6) is 0 Å². The Morgan fingerprint density at radius 3 is 2.58 bits per heavy atom. The number of amides is 1. The van der Waals surface area contributed by atoms with Gasteiger partial charge in [-0.3, -0.25) is 9.59 Å². The summed E-state index contributed by atoms with van der Waals surface area (Å²) in [5.41, 5.74) is 0.796. The monoisotopic (exact) mass is 468 g/mol. The van der Waals surface area contributed by atoms with Crippen molar-refractivity contribution in [3.8, 4) is 0 Å². The standard InChI is InChI=1S/C21H28N6O2.2ClH/c1-15-7-13-27(17-5-10-22-11-6-17)20(29)18(15)19(28)25-16-4-2-12-26(14-16)21-23-8-3-9-24-21;;/h3,7-9,13,16-17,22H,2,4-6,10-12,14H2,1H3,(H,25,28);2*1H. The van der Waals surface area contributed by atoms with Gasteiger partial charge in [0.25, 0.3) is 11.5 Å². The van der Waals surface area contributed by atoms with Gasteiger partial charge in [-0.25, -0.2) is 9.97 Å². The van der Waals surface area contributed by atoms with Crippen LogP contribution in [0.2, 0.25) is 0 Å². The fraction of sp³-hybridized carbons (Fsp3) is 0.524. The molecular formula is C21H30Cl2N6O2. The van der Waals surface area contributed by atoms with E-state index in [4.69, 9.17) is 0 Å². The van der Waals surface area contributed by atoms with Gasteiger partial charge in [-0.1, -0.05) is 0 Å². The van der Waals surface area contributed by atoms with E-state index in [1.807, 2.05) is 19.2 Å². The number of halogens is 2. The van der Waals surface area contributed by atoms with Crippen molar-refractivity contribution in [2.45, 2.75) is 44.7 Å². The average molecular weight is 469 g/mol. The van der Waals surface area contributed by atoms with Crippen molar-refractivity contribution in [2.24, 2.45) is 0 Å². The van der Waals surface area contributed by atoms with Crippen LogP contribution >= 0.6 is 24.8 Å². The highest BCUT2D eigenvalue weighted by atomic mass is 35.5. The van der Waals surface area contributed by atoms with E-state index in [-0.39, 0.29) is 53.9 Å². The Balaban J connectivity index is 0.00000171. The molecule has 2 aromatic heterocycles. The van der Waals surface area contributed by atoms with Crippen LogP contribution in [0, 0.1) is 6.92 Å².